The summed E-state index contributed by atoms with van der Waals surface area (Å²) in [5, 5.41) is 7.63. The maximum absolute atomic E-state index is 4.28. The Hall–Kier alpha value is -1.77. The molecule has 2 aromatic rings. The van der Waals surface area contributed by atoms with Crippen LogP contribution < -0.4 is 5.32 Å². The molecule has 3 nitrogen and oxygen atoms in total. The lowest BCUT2D eigenvalue weighted by atomic mass is 10.2. The summed E-state index contributed by atoms with van der Waals surface area (Å²) in [6.45, 7) is 2.83. The first-order valence-corrected chi connectivity index (χ1v) is 5.04. The van der Waals surface area contributed by atoms with E-state index in [0.717, 1.165) is 18.1 Å². The standard InChI is InChI=1S/C12H15N3/c1-10-8-12(15(2)14-10)13-9-11-6-4-3-5-7-11/h3-8,13H,9H2,1-2H3. The van der Waals surface area contributed by atoms with Crippen LogP contribution in [-0.4, -0.2) is 9.78 Å². The van der Waals surface area contributed by atoms with Crippen LogP contribution in [0.4, 0.5) is 5.82 Å². The summed E-state index contributed by atoms with van der Waals surface area (Å²) >= 11 is 0. The van der Waals surface area contributed by atoms with Gasteiger partial charge in [0.1, 0.15) is 5.82 Å². The number of aryl methyl sites for hydroxylation is 2. The average Bonchev–Trinajstić information content (AvgIpc) is 2.56. The largest absolute Gasteiger partial charge is 0.366 e. The maximum Gasteiger partial charge on any atom is 0.124 e. The molecule has 0 atom stereocenters. The third kappa shape index (κ3) is 2.37. The minimum Gasteiger partial charge on any atom is -0.366 e. The van der Waals surface area contributed by atoms with Crippen molar-refractivity contribution in [3.05, 3.63) is 47.7 Å². The molecule has 1 heterocycles. The smallest absolute Gasteiger partial charge is 0.124 e. The Morgan fingerprint density at radius 3 is 2.60 bits per heavy atom. The number of anilines is 1. The first kappa shape index (κ1) is 9.77. The highest BCUT2D eigenvalue weighted by Gasteiger charge is 2.00. The van der Waals surface area contributed by atoms with Crippen LogP contribution in [0.2, 0.25) is 0 Å². The van der Waals surface area contributed by atoms with E-state index in [9.17, 15) is 0 Å². The molecule has 0 spiro atoms. The predicted octanol–water partition coefficient (Wildman–Crippen LogP) is 2.34. The first-order valence-electron chi connectivity index (χ1n) is 5.04. The number of hydrogen-bond donors (Lipinski definition) is 1. The van der Waals surface area contributed by atoms with E-state index in [1.807, 2.05) is 42.9 Å². The molecule has 0 saturated heterocycles. The zero-order valence-corrected chi connectivity index (χ0v) is 9.07. The normalized spacial score (nSPS) is 10.3. The van der Waals surface area contributed by atoms with Gasteiger partial charge in [-0.15, -0.1) is 0 Å². The van der Waals surface area contributed by atoms with Crippen molar-refractivity contribution in [1.29, 1.82) is 0 Å². The summed E-state index contributed by atoms with van der Waals surface area (Å²) in [5.41, 5.74) is 2.31. The SMILES string of the molecule is Cc1cc(NCc2ccccc2)n(C)n1. The average molecular weight is 201 g/mol. The van der Waals surface area contributed by atoms with Gasteiger partial charge in [0.05, 0.1) is 5.69 Å². The van der Waals surface area contributed by atoms with Gasteiger partial charge in [0, 0.05) is 19.7 Å². The summed E-state index contributed by atoms with van der Waals surface area (Å²) in [5.74, 6) is 1.05. The molecule has 2 rings (SSSR count). The van der Waals surface area contributed by atoms with Crippen molar-refractivity contribution >= 4 is 5.82 Å². The van der Waals surface area contributed by atoms with Gasteiger partial charge in [0.25, 0.3) is 0 Å². The fraction of sp³-hybridized carbons (Fsp3) is 0.250. The molecule has 0 bridgehead atoms. The number of aromatic nitrogens is 2. The van der Waals surface area contributed by atoms with Crippen molar-refractivity contribution in [2.75, 3.05) is 5.32 Å². The van der Waals surface area contributed by atoms with Crippen molar-refractivity contribution in [2.45, 2.75) is 13.5 Å². The summed E-state index contributed by atoms with van der Waals surface area (Å²) in [6, 6.07) is 12.4. The van der Waals surface area contributed by atoms with Crippen molar-refractivity contribution in [3.63, 3.8) is 0 Å². The zero-order chi connectivity index (χ0) is 10.7. The van der Waals surface area contributed by atoms with Crippen molar-refractivity contribution in [3.8, 4) is 0 Å². The maximum atomic E-state index is 4.28. The van der Waals surface area contributed by atoms with Gasteiger partial charge in [-0.3, -0.25) is 4.68 Å². The summed E-state index contributed by atoms with van der Waals surface area (Å²) in [7, 11) is 1.94. The Labute approximate surface area is 89.7 Å². The molecule has 0 aliphatic rings. The van der Waals surface area contributed by atoms with E-state index in [1.165, 1.54) is 5.56 Å². The Morgan fingerprint density at radius 2 is 2.00 bits per heavy atom. The molecule has 0 fully saturated rings. The Balaban J connectivity index is 2.02. The van der Waals surface area contributed by atoms with Crippen molar-refractivity contribution < 1.29 is 0 Å². The van der Waals surface area contributed by atoms with Gasteiger partial charge in [-0.2, -0.15) is 5.10 Å². The van der Waals surface area contributed by atoms with E-state index >= 15 is 0 Å². The molecular weight excluding hydrogens is 186 g/mol. The quantitative estimate of drug-likeness (QED) is 0.826. The Bertz CT molecular complexity index is 431. The molecule has 0 saturated carbocycles. The lowest BCUT2D eigenvalue weighted by Crippen LogP contribution is -2.04. The van der Waals surface area contributed by atoms with E-state index < -0.39 is 0 Å². The fourth-order valence-corrected chi connectivity index (χ4v) is 1.56. The molecule has 78 valence electrons. The van der Waals surface area contributed by atoms with Crippen LogP contribution in [0.3, 0.4) is 0 Å². The number of benzene rings is 1. The Morgan fingerprint density at radius 1 is 1.27 bits per heavy atom. The third-order valence-electron chi connectivity index (χ3n) is 2.32. The molecule has 1 aromatic heterocycles. The van der Waals surface area contributed by atoms with Crippen LogP contribution >= 0.6 is 0 Å². The van der Waals surface area contributed by atoms with E-state index in [1.54, 1.807) is 0 Å². The predicted molar refractivity (Wildman–Crippen MR) is 61.7 cm³/mol. The minimum absolute atomic E-state index is 0.833. The van der Waals surface area contributed by atoms with Gasteiger partial charge >= 0.3 is 0 Å². The van der Waals surface area contributed by atoms with Crippen LogP contribution in [0.1, 0.15) is 11.3 Å². The topological polar surface area (TPSA) is 29.9 Å². The summed E-state index contributed by atoms with van der Waals surface area (Å²) in [6.07, 6.45) is 0. The number of nitrogens with one attached hydrogen (secondary N) is 1. The van der Waals surface area contributed by atoms with Crippen LogP contribution in [0, 0.1) is 6.92 Å². The second kappa shape index (κ2) is 4.17. The van der Waals surface area contributed by atoms with Gasteiger partial charge in [0.2, 0.25) is 0 Å². The molecular formula is C12H15N3. The molecule has 0 aliphatic carbocycles. The monoisotopic (exact) mass is 201 g/mol. The molecule has 0 radical (unpaired) electrons. The van der Waals surface area contributed by atoms with Crippen LogP contribution in [0.5, 0.6) is 0 Å². The molecule has 15 heavy (non-hydrogen) atoms. The van der Waals surface area contributed by atoms with E-state index in [0.29, 0.717) is 0 Å². The van der Waals surface area contributed by atoms with E-state index in [4.69, 9.17) is 0 Å². The highest BCUT2D eigenvalue weighted by Crippen LogP contribution is 2.09. The van der Waals surface area contributed by atoms with Crippen molar-refractivity contribution in [2.24, 2.45) is 7.05 Å². The number of rotatable bonds is 3. The zero-order valence-electron chi connectivity index (χ0n) is 9.07. The number of nitrogens with zero attached hydrogens (tertiary/aromatic N) is 2. The summed E-state index contributed by atoms with van der Waals surface area (Å²) < 4.78 is 1.86. The second-order valence-electron chi connectivity index (χ2n) is 3.63. The third-order valence-corrected chi connectivity index (χ3v) is 2.32. The molecule has 0 amide bonds. The molecule has 3 heteroatoms. The lowest BCUT2D eigenvalue weighted by Gasteiger charge is -2.05. The van der Waals surface area contributed by atoms with E-state index in [-0.39, 0.29) is 0 Å². The molecule has 0 unspecified atom stereocenters. The van der Waals surface area contributed by atoms with Gasteiger partial charge in [-0.1, -0.05) is 30.3 Å². The van der Waals surface area contributed by atoms with Gasteiger partial charge < -0.3 is 5.32 Å². The van der Waals surface area contributed by atoms with E-state index in [2.05, 4.69) is 22.5 Å². The second-order valence-corrected chi connectivity index (χ2v) is 3.63. The van der Waals surface area contributed by atoms with Gasteiger partial charge in [-0.05, 0) is 12.5 Å². The minimum atomic E-state index is 0.833. The fourth-order valence-electron chi connectivity index (χ4n) is 1.56. The van der Waals surface area contributed by atoms with Gasteiger partial charge in [0.15, 0.2) is 0 Å². The van der Waals surface area contributed by atoms with Crippen LogP contribution in [0.25, 0.3) is 0 Å². The van der Waals surface area contributed by atoms with Crippen LogP contribution in [0.15, 0.2) is 36.4 Å². The summed E-state index contributed by atoms with van der Waals surface area (Å²) in [4.78, 5) is 0. The molecule has 0 aliphatic heterocycles. The lowest BCUT2D eigenvalue weighted by molar-refractivity contribution is 0.758. The highest BCUT2D eigenvalue weighted by molar-refractivity contribution is 5.37. The number of hydrogen-bond acceptors (Lipinski definition) is 2. The highest BCUT2D eigenvalue weighted by atomic mass is 15.3. The molecule has 1 aromatic carbocycles. The Kier molecular flexibility index (Phi) is 2.72. The van der Waals surface area contributed by atoms with Crippen LogP contribution in [-0.2, 0) is 13.6 Å². The first-order chi connectivity index (χ1) is 7.25. The van der Waals surface area contributed by atoms with Crippen molar-refractivity contribution in [1.82, 2.24) is 9.78 Å². The molecule has 1 N–H and O–H groups in total. The van der Waals surface area contributed by atoms with Gasteiger partial charge in [-0.25, -0.2) is 0 Å².